The number of ether oxygens (including phenoxy) is 1. The van der Waals surface area contributed by atoms with E-state index in [0.717, 1.165) is 11.0 Å². The first-order valence-corrected chi connectivity index (χ1v) is 8.02. The number of esters is 1. The second-order valence-corrected chi connectivity index (χ2v) is 5.93. The van der Waals surface area contributed by atoms with Gasteiger partial charge in [-0.25, -0.2) is 0 Å². The van der Waals surface area contributed by atoms with Crippen molar-refractivity contribution in [2.75, 3.05) is 6.54 Å². The molecule has 2 aromatic rings. The lowest BCUT2D eigenvalue weighted by Gasteiger charge is -2.13. The van der Waals surface area contributed by atoms with Gasteiger partial charge >= 0.3 is 5.97 Å². The number of amides is 2. The van der Waals surface area contributed by atoms with Crippen molar-refractivity contribution in [3.8, 4) is 0 Å². The SMILES string of the molecule is Cc1noc(C)c1COC(=O)CCN1C(=O)c2cccc([N+](=O)[O-])c2C1=O. The first kappa shape index (κ1) is 18.2. The minimum Gasteiger partial charge on any atom is -0.461 e. The van der Waals surface area contributed by atoms with Crippen molar-refractivity contribution in [2.24, 2.45) is 0 Å². The Balaban J connectivity index is 1.64. The third-order valence-electron chi connectivity index (χ3n) is 4.27. The van der Waals surface area contributed by atoms with Crippen LogP contribution in [-0.4, -0.2) is 39.3 Å². The number of nitro benzene ring substituents is 1. The molecule has 1 aromatic heterocycles. The molecule has 10 heteroatoms. The van der Waals surface area contributed by atoms with Crippen molar-refractivity contribution in [1.82, 2.24) is 10.1 Å². The van der Waals surface area contributed by atoms with E-state index in [1.54, 1.807) is 13.8 Å². The maximum absolute atomic E-state index is 12.4. The smallest absolute Gasteiger partial charge is 0.307 e. The Morgan fingerprint density at radius 2 is 2.04 bits per heavy atom. The van der Waals surface area contributed by atoms with Crippen LogP contribution < -0.4 is 0 Å². The van der Waals surface area contributed by atoms with E-state index in [4.69, 9.17) is 9.26 Å². The molecule has 140 valence electrons. The van der Waals surface area contributed by atoms with E-state index in [-0.39, 0.29) is 30.7 Å². The van der Waals surface area contributed by atoms with Gasteiger partial charge in [-0.15, -0.1) is 0 Å². The number of fused-ring (bicyclic) bond motifs is 1. The van der Waals surface area contributed by atoms with Crippen LogP contribution >= 0.6 is 0 Å². The summed E-state index contributed by atoms with van der Waals surface area (Å²) in [5.74, 6) is -1.55. The Morgan fingerprint density at radius 3 is 2.67 bits per heavy atom. The van der Waals surface area contributed by atoms with E-state index in [2.05, 4.69) is 5.16 Å². The first-order valence-electron chi connectivity index (χ1n) is 8.02. The molecule has 0 saturated heterocycles. The maximum Gasteiger partial charge on any atom is 0.307 e. The number of hydrogen-bond acceptors (Lipinski definition) is 8. The highest BCUT2D eigenvalue weighted by atomic mass is 16.6. The Labute approximate surface area is 152 Å². The number of nitrogens with zero attached hydrogens (tertiary/aromatic N) is 3. The molecule has 0 N–H and O–H groups in total. The molecule has 0 bridgehead atoms. The third kappa shape index (κ3) is 3.28. The quantitative estimate of drug-likeness (QED) is 0.325. The average Bonchev–Trinajstić information content (AvgIpc) is 3.08. The molecule has 0 radical (unpaired) electrons. The molecule has 10 nitrogen and oxygen atoms in total. The molecule has 0 saturated carbocycles. The first-order chi connectivity index (χ1) is 12.8. The van der Waals surface area contributed by atoms with Crippen molar-refractivity contribution in [3.05, 3.63) is 56.5 Å². The molecule has 1 aliphatic heterocycles. The van der Waals surface area contributed by atoms with E-state index >= 15 is 0 Å². The second kappa shape index (κ2) is 6.98. The molecule has 3 rings (SSSR count). The van der Waals surface area contributed by atoms with Gasteiger partial charge in [0.25, 0.3) is 17.5 Å². The number of aromatic nitrogens is 1. The van der Waals surface area contributed by atoms with E-state index in [1.165, 1.54) is 12.1 Å². The van der Waals surface area contributed by atoms with Gasteiger partial charge in [-0.3, -0.25) is 29.4 Å². The van der Waals surface area contributed by atoms with Gasteiger partial charge in [0.15, 0.2) is 0 Å². The van der Waals surface area contributed by atoms with E-state index in [1.807, 2.05) is 0 Å². The Kier molecular flexibility index (Phi) is 4.72. The molecule has 27 heavy (non-hydrogen) atoms. The topological polar surface area (TPSA) is 133 Å². The van der Waals surface area contributed by atoms with Crippen molar-refractivity contribution in [1.29, 1.82) is 0 Å². The van der Waals surface area contributed by atoms with Crippen LogP contribution in [-0.2, 0) is 16.1 Å². The van der Waals surface area contributed by atoms with Crippen molar-refractivity contribution < 1.29 is 28.6 Å². The average molecular weight is 373 g/mol. The number of carbonyl (C=O) groups excluding carboxylic acids is 3. The van der Waals surface area contributed by atoms with Crippen LogP contribution in [0.3, 0.4) is 0 Å². The number of rotatable bonds is 6. The van der Waals surface area contributed by atoms with Gasteiger partial charge in [0.05, 0.1) is 28.2 Å². The molecule has 2 heterocycles. The largest absolute Gasteiger partial charge is 0.461 e. The summed E-state index contributed by atoms with van der Waals surface area (Å²) in [6.45, 7) is 3.14. The lowest BCUT2D eigenvalue weighted by molar-refractivity contribution is -0.385. The zero-order chi connectivity index (χ0) is 19.7. The minimum atomic E-state index is -0.791. The fourth-order valence-corrected chi connectivity index (χ4v) is 2.81. The Bertz CT molecular complexity index is 944. The zero-order valence-corrected chi connectivity index (χ0v) is 14.6. The Hall–Kier alpha value is -3.56. The van der Waals surface area contributed by atoms with E-state index < -0.39 is 28.4 Å². The highest BCUT2D eigenvalue weighted by molar-refractivity contribution is 6.23. The molecule has 1 aromatic carbocycles. The number of carbonyl (C=O) groups is 3. The highest BCUT2D eigenvalue weighted by Gasteiger charge is 2.40. The fraction of sp³-hybridized carbons (Fsp3) is 0.294. The van der Waals surface area contributed by atoms with Crippen LogP contribution in [0.25, 0.3) is 0 Å². The van der Waals surface area contributed by atoms with Crippen LogP contribution in [0.5, 0.6) is 0 Å². The summed E-state index contributed by atoms with van der Waals surface area (Å²) >= 11 is 0. The zero-order valence-electron chi connectivity index (χ0n) is 14.6. The molecule has 0 aliphatic carbocycles. The van der Waals surface area contributed by atoms with Crippen molar-refractivity contribution in [2.45, 2.75) is 26.9 Å². The van der Waals surface area contributed by atoms with Gasteiger partial charge in [0, 0.05) is 12.6 Å². The normalized spacial score (nSPS) is 13.0. The number of imide groups is 1. The summed E-state index contributed by atoms with van der Waals surface area (Å²) < 4.78 is 10.1. The van der Waals surface area contributed by atoms with Crippen molar-refractivity contribution in [3.63, 3.8) is 0 Å². The van der Waals surface area contributed by atoms with Crippen LogP contribution in [0.4, 0.5) is 5.69 Å². The van der Waals surface area contributed by atoms with Gasteiger partial charge in [0.1, 0.15) is 17.9 Å². The standard InChI is InChI=1S/C17H15N3O7/c1-9-12(10(2)27-18-9)8-26-14(21)6-7-19-16(22)11-4-3-5-13(20(24)25)15(11)17(19)23/h3-5H,6-8H2,1-2H3. The fourth-order valence-electron chi connectivity index (χ4n) is 2.81. The summed E-state index contributed by atoms with van der Waals surface area (Å²) in [5, 5.41) is 14.8. The van der Waals surface area contributed by atoms with Crippen LogP contribution in [0, 0.1) is 24.0 Å². The monoisotopic (exact) mass is 373 g/mol. The molecular weight excluding hydrogens is 358 g/mol. The molecule has 1 aliphatic rings. The molecule has 0 atom stereocenters. The van der Waals surface area contributed by atoms with Gasteiger partial charge in [0.2, 0.25) is 0 Å². The Morgan fingerprint density at radius 1 is 1.30 bits per heavy atom. The summed E-state index contributed by atoms with van der Waals surface area (Å²) in [4.78, 5) is 47.9. The van der Waals surface area contributed by atoms with Crippen LogP contribution in [0.15, 0.2) is 22.7 Å². The number of hydrogen-bond donors (Lipinski definition) is 0. The number of aryl methyl sites for hydroxylation is 2. The lowest BCUT2D eigenvalue weighted by atomic mass is 10.1. The van der Waals surface area contributed by atoms with E-state index in [9.17, 15) is 24.5 Å². The second-order valence-electron chi connectivity index (χ2n) is 5.93. The predicted octanol–water partition coefficient (Wildman–Crippen LogP) is 1.93. The summed E-state index contributed by atoms with van der Waals surface area (Å²) in [6.07, 6.45) is -0.233. The summed E-state index contributed by atoms with van der Waals surface area (Å²) in [7, 11) is 0. The summed E-state index contributed by atoms with van der Waals surface area (Å²) in [5.41, 5.74) is 0.525. The maximum atomic E-state index is 12.4. The molecule has 0 spiro atoms. The van der Waals surface area contributed by atoms with Crippen molar-refractivity contribution >= 4 is 23.5 Å². The third-order valence-corrected chi connectivity index (χ3v) is 4.27. The molecular formula is C17H15N3O7. The minimum absolute atomic E-state index is 0.0341. The van der Waals surface area contributed by atoms with Gasteiger partial charge in [-0.1, -0.05) is 11.2 Å². The van der Waals surface area contributed by atoms with Crippen LogP contribution in [0.1, 0.15) is 44.2 Å². The van der Waals surface area contributed by atoms with E-state index in [0.29, 0.717) is 17.0 Å². The lowest BCUT2D eigenvalue weighted by Crippen LogP contribution is -2.32. The molecule has 2 amide bonds. The summed E-state index contributed by atoms with van der Waals surface area (Å²) in [6, 6.07) is 3.84. The van der Waals surface area contributed by atoms with Gasteiger partial charge in [-0.05, 0) is 19.9 Å². The van der Waals surface area contributed by atoms with Gasteiger partial charge in [-0.2, -0.15) is 0 Å². The predicted molar refractivity (Wildman–Crippen MR) is 88.9 cm³/mol. The number of nitro groups is 1. The molecule has 0 fully saturated rings. The highest BCUT2D eigenvalue weighted by Crippen LogP contribution is 2.30. The number of benzene rings is 1. The van der Waals surface area contributed by atoms with Gasteiger partial charge < -0.3 is 9.26 Å². The van der Waals surface area contributed by atoms with Crippen LogP contribution in [0.2, 0.25) is 0 Å². The molecule has 0 unspecified atom stereocenters.